The van der Waals surface area contributed by atoms with E-state index in [0.29, 0.717) is 18.4 Å². The molecule has 0 heterocycles. The molecule has 0 radical (unpaired) electrons. The Morgan fingerprint density at radius 3 is 1.62 bits per heavy atom. The summed E-state index contributed by atoms with van der Waals surface area (Å²) in [5, 5.41) is 38.3. The van der Waals surface area contributed by atoms with Crippen LogP contribution in [0.2, 0.25) is 0 Å². The van der Waals surface area contributed by atoms with Crippen molar-refractivity contribution in [2.75, 3.05) is 0 Å². The third-order valence-corrected chi connectivity index (χ3v) is 5.55. The molecule has 2 bridgehead atoms. The summed E-state index contributed by atoms with van der Waals surface area (Å²) in [6, 6.07) is 0. The molecule has 4 unspecified atom stereocenters. The van der Waals surface area contributed by atoms with Gasteiger partial charge in [0.2, 0.25) is 0 Å². The molecule has 0 aliphatic heterocycles. The summed E-state index contributed by atoms with van der Waals surface area (Å²) in [6.45, 7) is 3.22. The summed E-state index contributed by atoms with van der Waals surface area (Å²) in [5.74, 6) is -12.7. The molecule has 1 fully saturated rings. The topological polar surface area (TPSA) is 149 Å². The smallest absolute Gasteiger partial charge is 0.308 e. The number of carboxylic acid groups (broad SMARTS) is 4. The maximum atomic E-state index is 11.8. The fourth-order valence-corrected chi connectivity index (χ4v) is 4.68. The van der Waals surface area contributed by atoms with E-state index < -0.39 is 58.9 Å². The van der Waals surface area contributed by atoms with Gasteiger partial charge in [0.1, 0.15) is 0 Å². The van der Waals surface area contributed by atoms with Crippen molar-refractivity contribution in [3.63, 3.8) is 0 Å². The first-order valence-electron chi connectivity index (χ1n) is 7.71. The quantitative estimate of drug-likeness (QED) is 0.526. The summed E-state index contributed by atoms with van der Waals surface area (Å²) < 4.78 is 0. The molecule has 4 atom stereocenters. The zero-order valence-corrected chi connectivity index (χ0v) is 13.3. The number of carboxylic acids is 4. The van der Waals surface area contributed by atoms with Gasteiger partial charge >= 0.3 is 23.9 Å². The van der Waals surface area contributed by atoms with Gasteiger partial charge in [-0.2, -0.15) is 0 Å². The van der Waals surface area contributed by atoms with E-state index in [9.17, 15) is 39.6 Å². The van der Waals surface area contributed by atoms with Gasteiger partial charge in [-0.3, -0.25) is 19.2 Å². The van der Waals surface area contributed by atoms with Gasteiger partial charge in [-0.05, 0) is 6.42 Å². The van der Waals surface area contributed by atoms with Crippen molar-refractivity contribution in [1.29, 1.82) is 0 Å². The fraction of sp³-hybridized carbons (Fsp3) is 0.625. The Morgan fingerprint density at radius 1 is 0.917 bits per heavy atom. The predicted molar refractivity (Wildman–Crippen MR) is 79.1 cm³/mol. The molecule has 0 spiro atoms. The van der Waals surface area contributed by atoms with Crippen molar-refractivity contribution >= 4 is 23.9 Å². The molecular formula is C16H20O8. The Balaban J connectivity index is 2.78. The highest BCUT2D eigenvalue weighted by molar-refractivity contribution is 5.89. The molecular weight excluding hydrogens is 320 g/mol. The molecule has 3 aliphatic rings. The zero-order chi connectivity index (χ0) is 18.4. The van der Waals surface area contributed by atoms with Crippen LogP contribution in [0.5, 0.6) is 0 Å². The first-order chi connectivity index (χ1) is 11.1. The predicted octanol–water partition coefficient (Wildman–Crippen LogP) is 1.17. The van der Waals surface area contributed by atoms with Crippen LogP contribution in [0.25, 0.3) is 0 Å². The number of aliphatic carboxylic acids is 4. The Bertz CT molecular complexity index is 594. The second kappa shape index (κ2) is 5.92. The molecule has 0 aromatic carbocycles. The molecule has 0 amide bonds. The lowest BCUT2D eigenvalue weighted by molar-refractivity contribution is -0.188. The molecule has 0 saturated heterocycles. The SMILES string of the molecule is CCCC1=CC2C(C(=O)O)C(C(=O)O)C1(C)C(C(=O)O)C2C(=O)O. The van der Waals surface area contributed by atoms with E-state index in [0.717, 1.165) is 0 Å². The average molecular weight is 340 g/mol. The van der Waals surface area contributed by atoms with Gasteiger partial charge in [0, 0.05) is 11.3 Å². The second-order valence-electron chi connectivity index (χ2n) is 6.66. The monoisotopic (exact) mass is 340 g/mol. The Kier molecular flexibility index (Phi) is 4.43. The summed E-state index contributed by atoms with van der Waals surface area (Å²) in [4.78, 5) is 47.0. The lowest BCUT2D eigenvalue weighted by atomic mass is 9.43. The van der Waals surface area contributed by atoms with Crippen LogP contribution < -0.4 is 0 Å². The van der Waals surface area contributed by atoms with E-state index in [1.54, 1.807) is 0 Å². The highest BCUT2D eigenvalue weighted by Gasteiger charge is 2.68. The lowest BCUT2D eigenvalue weighted by Gasteiger charge is -2.57. The van der Waals surface area contributed by atoms with Crippen LogP contribution in [0.1, 0.15) is 26.7 Å². The highest BCUT2D eigenvalue weighted by Crippen LogP contribution is 2.62. The van der Waals surface area contributed by atoms with Crippen molar-refractivity contribution in [3.8, 4) is 0 Å². The summed E-state index contributed by atoms with van der Waals surface area (Å²) >= 11 is 0. The van der Waals surface area contributed by atoms with Gasteiger partial charge in [0.25, 0.3) is 0 Å². The summed E-state index contributed by atoms with van der Waals surface area (Å²) in [6.07, 6.45) is 2.52. The van der Waals surface area contributed by atoms with Crippen LogP contribution in [-0.4, -0.2) is 44.3 Å². The molecule has 132 valence electrons. The van der Waals surface area contributed by atoms with Crippen molar-refractivity contribution < 1.29 is 39.6 Å². The first kappa shape index (κ1) is 18.0. The van der Waals surface area contributed by atoms with E-state index in [-0.39, 0.29) is 0 Å². The number of rotatable bonds is 6. The van der Waals surface area contributed by atoms with Crippen LogP contribution in [0, 0.1) is 35.0 Å². The van der Waals surface area contributed by atoms with E-state index in [1.165, 1.54) is 13.0 Å². The molecule has 3 aliphatic carbocycles. The molecule has 1 saturated carbocycles. The van der Waals surface area contributed by atoms with Crippen molar-refractivity contribution in [2.24, 2.45) is 35.0 Å². The van der Waals surface area contributed by atoms with Crippen LogP contribution >= 0.6 is 0 Å². The standard InChI is InChI=1S/C16H20O8/c1-3-4-6-5-7-8(12(17)18)10(14(21)22)16(6,2)11(15(23)24)9(7)13(19)20/h5,7-11H,3-4H2,1-2H3,(H,17,18)(H,19,20)(H,21,22)(H,23,24). The number of hydrogen-bond acceptors (Lipinski definition) is 4. The minimum atomic E-state index is -1.56. The Labute approximate surface area is 137 Å². The number of carbonyl (C=O) groups is 4. The minimum absolute atomic E-state index is 0.402. The molecule has 0 aromatic rings. The first-order valence-corrected chi connectivity index (χ1v) is 7.71. The maximum Gasteiger partial charge on any atom is 0.308 e. The van der Waals surface area contributed by atoms with Crippen LogP contribution in [0.15, 0.2) is 11.6 Å². The third kappa shape index (κ3) is 2.28. The number of fused-ring (bicyclic) bond motifs is 2. The van der Waals surface area contributed by atoms with Gasteiger partial charge in [-0.15, -0.1) is 0 Å². The minimum Gasteiger partial charge on any atom is -0.481 e. The Morgan fingerprint density at radius 2 is 1.33 bits per heavy atom. The summed E-state index contributed by atoms with van der Waals surface area (Å²) in [7, 11) is 0. The molecule has 0 aromatic heterocycles. The fourth-order valence-electron chi connectivity index (χ4n) is 4.68. The van der Waals surface area contributed by atoms with E-state index >= 15 is 0 Å². The average Bonchev–Trinajstić information content (AvgIpc) is 2.45. The van der Waals surface area contributed by atoms with Crippen LogP contribution in [-0.2, 0) is 19.2 Å². The van der Waals surface area contributed by atoms with Gasteiger partial charge < -0.3 is 20.4 Å². The zero-order valence-electron chi connectivity index (χ0n) is 13.3. The van der Waals surface area contributed by atoms with E-state index in [4.69, 9.17) is 0 Å². The molecule has 4 N–H and O–H groups in total. The Hall–Kier alpha value is -2.38. The van der Waals surface area contributed by atoms with Crippen LogP contribution in [0.3, 0.4) is 0 Å². The highest BCUT2D eigenvalue weighted by atomic mass is 16.4. The number of hydrogen-bond donors (Lipinski definition) is 4. The largest absolute Gasteiger partial charge is 0.481 e. The summed E-state index contributed by atoms with van der Waals surface area (Å²) in [5.41, 5.74) is -1.03. The van der Waals surface area contributed by atoms with Crippen LogP contribution in [0.4, 0.5) is 0 Å². The van der Waals surface area contributed by atoms with Gasteiger partial charge in [-0.25, -0.2) is 0 Å². The molecule has 3 rings (SSSR count). The van der Waals surface area contributed by atoms with Gasteiger partial charge in [-0.1, -0.05) is 31.9 Å². The van der Waals surface area contributed by atoms with E-state index in [2.05, 4.69) is 0 Å². The molecule has 8 heteroatoms. The maximum absolute atomic E-state index is 11.8. The second-order valence-corrected chi connectivity index (χ2v) is 6.66. The van der Waals surface area contributed by atoms with Gasteiger partial charge in [0.05, 0.1) is 23.7 Å². The van der Waals surface area contributed by atoms with Crippen molar-refractivity contribution in [3.05, 3.63) is 11.6 Å². The van der Waals surface area contributed by atoms with Gasteiger partial charge in [0.15, 0.2) is 0 Å². The normalized spacial score (nSPS) is 37.6. The third-order valence-electron chi connectivity index (χ3n) is 5.55. The lowest BCUT2D eigenvalue weighted by Crippen LogP contribution is -2.64. The van der Waals surface area contributed by atoms with E-state index in [1.807, 2.05) is 6.92 Å². The van der Waals surface area contributed by atoms with Crippen molar-refractivity contribution in [1.82, 2.24) is 0 Å². The molecule has 24 heavy (non-hydrogen) atoms. The number of allylic oxidation sites excluding steroid dienone is 2. The molecule has 8 nitrogen and oxygen atoms in total. The van der Waals surface area contributed by atoms with Crippen molar-refractivity contribution in [2.45, 2.75) is 26.7 Å².